The highest BCUT2D eigenvalue weighted by molar-refractivity contribution is 5.79. The summed E-state index contributed by atoms with van der Waals surface area (Å²) >= 11 is 0. The molecule has 0 radical (unpaired) electrons. The predicted octanol–water partition coefficient (Wildman–Crippen LogP) is 2.16. The average molecular weight is 376 g/mol. The summed E-state index contributed by atoms with van der Waals surface area (Å²) in [5.74, 6) is 1.75. The minimum Gasteiger partial charge on any atom is -0.488 e. The number of aliphatic imine (C=N–C) groups is 1. The minimum atomic E-state index is -0.222. The molecule has 1 aliphatic heterocycles. The first-order chi connectivity index (χ1) is 12.8. The molecule has 1 aromatic carbocycles. The lowest BCUT2D eigenvalue weighted by atomic mass is 10.1. The lowest BCUT2D eigenvalue weighted by Crippen LogP contribution is -2.55. The Morgan fingerprint density at radius 1 is 1.19 bits per heavy atom. The third kappa shape index (κ3) is 7.39. The zero-order valence-electron chi connectivity index (χ0n) is 17.9. The fraction of sp³-hybridized carbons (Fsp3) is 0.667. The molecule has 0 aromatic heterocycles. The first-order valence-electron chi connectivity index (χ1n) is 9.96. The van der Waals surface area contributed by atoms with Crippen LogP contribution in [0.1, 0.15) is 33.3 Å². The molecule has 0 saturated carbocycles. The number of guanidine groups is 1. The molecule has 27 heavy (non-hydrogen) atoms. The summed E-state index contributed by atoms with van der Waals surface area (Å²) in [7, 11) is 4.38. The van der Waals surface area contributed by atoms with Crippen LogP contribution in [0.5, 0.6) is 5.75 Å². The quantitative estimate of drug-likeness (QED) is 0.590. The summed E-state index contributed by atoms with van der Waals surface area (Å²) < 4.78 is 6.08. The normalized spacial score (nSPS) is 19.8. The predicted molar refractivity (Wildman–Crippen MR) is 114 cm³/mol. The van der Waals surface area contributed by atoms with Gasteiger partial charge in [-0.05, 0) is 47.9 Å². The second-order valence-corrected chi connectivity index (χ2v) is 8.29. The number of piperazine rings is 1. The molecule has 1 aliphatic rings. The van der Waals surface area contributed by atoms with Crippen LogP contribution in [0.2, 0.25) is 0 Å². The highest BCUT2D eigenvalue weighted by Gasteiger charge is 2.22. The van der Waals surface area contributed by atoms with Gasteiger partial charge in [-0.25, -0.2) is 4.99 Å². The van der Waals surface area contributed by atoms with E-state index in [-0.39, 0.29) is 5.60 Å². The molecule has 0 spiro atoms. The molecule has 152 valence electrons. The number of nitrogens with one attached hydrogen (secondary N) is 2. The van der Waals surface area contributed by atoms with Gasteiger partial charge >= 0.3 is 0 Å². The molecule has 0 amide bonds. The van der Waals surface area contributed by atoms with Crippen molar-refractivity contribution >= 4 is 5.96 Å². The molecule has 6 nitrogen and oxygen atoms in total. The van der Waals surface area contributed by atoms with Crippen molar-refractivity contribution in [3.05, 3.63) is 29.8 Å². The lowest BCUT2D eigenvalue weighted by molar-refractivity contribution is 0.116. The SMILES string of the molecule is CCNC(=NCc1ccccc1OC(C)(C)C)NCC1CN(C)CCN1C. The molecule has 1 atom stereocenters. The number of benzene rings is 1. The summed E-state index contributed by atoms with van der Waals surface area (Å²) in [6.45, 7) is 13.9. The van der Waals surface area contributed by atoms with Crippen molar-refractivity contribution in [2.45, 2.75) is 45.9 Å². The van der Waals surface area contributed by atoms with Crippen molar-refractivity contribution in [2.24, 2.45) is 4.99 Å². The smallest absolute Gasteiger partial charge is 0.191 e. The number of hydrogen-bond acceptors (Lipinski definition) is 4. The number of nitrogens with zero attached hydrogens (tertiary/aromatic N) is 3. The zero-order chi connectivity index (χ0) is 19.9. The van der Waals surface area contributed by atoms with Gasteiger partial charge in [-0.3, -0.25) is 4.90 Å². The van der Waals surface area contributed by atoms with Gasteiger partial charge in [-0.1, -0.05) is 18.2 Å². The van der Waals surface area contributed by atoms with E-state index in [1.165, 1.54) is 0 Å². The van der Waals surface area contributed by atoms with E-state index in [4.69, 9.17) is 9.73 Å². The van der Waals surface area contributed by atoms with Gasteiger partial charge < -0.3 is 20.3 Å². The van der Waals surface area contributed by atoms with Crippen molar-refractivity contribution in [1.82, 2.24) is 20.4 Å². The van der Waals surface area contributed by atoms with Crippen molar-refractivity contribution in [1.29, 1.82) is 0 Å². The topological polar surface area (TPSA) is 52.1 Å². The summed E-state index contributed by atoms with van der Waals surface area (Å²) in [5, 5.41) is 6.86. The molecule has 0 aliphatic carbocycles. The van der Waals surface area contributed by atoms with Crippen LogP contribution in [0.3, 0.4) is 0 Å². The largest absolute Gasteiger partial charge is 0.488 e. The number of para-hydroxylation sites is 1. The van der Waals surface area contributed by atoms with Gasteiger partial charge in [-0.15, -0.1) is 0 Å². The monoisotopic (exact) mass is 375 g/mol. The Bertz CT molecular complexity index is 611. The molecule has 1 heterocycles. The highest BCUT2D eigenvalue weighted by Crippen LogP contribution is 2.23. The van der Waals surface area contributed by atoms with Gasteiger partial charge in [0, 0.05) is 44.3 Å². The fourth-order valence-electron chi connectivity index (χ4n) is 3.11. The van der Waals surface area contributed by atoms with E-state index in [9.17, 15) is 0 Å². The standard InChI is InChI=1S/C21H37N5O/c1-7-22-20(24-15-18-16-25(5)12-13-26(18)6)23-14-17-10-8-9-11-19(17)27-21(2,3)4/h8-11,18H,7,12-16H2,1-6H3,(H2,22,23,24). The van der Waals surface area contributed by atoms with Crippen LogP contribution in [0.15, 0.2) is 29.3 Å². The van der Waals surface area contributed by atoms with Gasteiger partial charge in [0.15, 0.2) is 5.96 Å². The number of rotatable bonds is 6. The zero-order valence-corrected chi connectivity index (χ0v) is 17.9. The van der Waals surface area contributed by atoms with Crippen LogP contribution in [0.4, 0.5) is 0 Å². The number of likely N-dealkylation sites (N-methyl/N-ethyl adjacent to an activating group) is 2. The molecule has 6 heteroatoms. The summed E-state index contributed by atoms with van der Waals surface area (Å²) in [6.07, 6.45) is 0. The Morgan fingerprint density at radius 2 is 1.93 bits per heavy atom. The first kappa shape index (κ1) is 21.5. The summed E-state index contributed by atoms with van der Waals surface area (Å²) in [6, 6.07) is 8.63. The highest BCUT2D eigenvalue weighted by atomic mass is 16.5. The molecule has 2 rings (SSSR count). The van der Waals surface area contributed by atoms with Crippen molar-refractivity contribution in [3.8, 4) is 5.75 Å². The summed E-state index contributed by atoms with van der Waals surface area (Å²) in [5.41, 5.74) is 0.874. The second-order valence-electron chi connectivity index (χ2n) is 8.29. The Kier molecular flexibility index (Phi) is 7.92. The molecular formula is C21H37N5O. The van der Waals surface area contributed by atoms with E-state index >= 15 is 0 Å². The Labute approximate surface area is 165 Å². The van der Waals surface area contributed by atoms with Gasteiger partial charge in [0.25, 0.3) is 0 Å². The third-order valence-corrected chi connectivity index (χ3v) is 4.63. The van der Waals surface area contributed by atoms with Crippen LogP contribution >= 0.6 is 0 Å². The number of hydrogen-bond donors (Lipinski definition) is 2. The minimum absolute atomic E-state index is 0.222. The van der Waals surface area contributed by atoms with Crippen molar-refractivity contribution in [3.63, 3.8) is 0 Å². The molecule has 0 bridgehead atoms. The third-order valence-electron chi connectivity index (χ3n) is 4.63. The maximum Gasteiger partial charge on any atom is 0.191 e. The Morgan fingerprint density at radius 3 is 2.63 bits per heavy atom. The van der Waals surface area contributed by atoms with E-state index in [2.05, 4.69) is 68.3 Å². The number of ether oxygens (including phenoxy) is 1. The maximum atomic E-state index is 6.08. The van der Waals surface area contributed by atoms with E-state index in [0.29, 0.717) is 12.6 Å². The fourth-order valence-corrected chi connectivity index (χ4v) is 3.11. The molecule has 1 saturated heterocycles. The van der Waals surface area contributed by atoms with Crippen LogP contribution in [0, 0.1) is 0 Å². The van der Waals surface area contributed by atoms with E-state index in [1.54, 1.807) is 0 Å². The lowest BCUT2D eigenvalue weighted by Gasteiger charge is -2.37. The van der Waals surface area contributed by atoms with E-state index < -0.39 is 0 Å². The molecule has 2 N–H and O–H groups in total. The Hall–Kier alpha value is -1.79. The molecule has 1 aromatic rings. The van der Waals surface area contributed by atoms with Crippen LogP contribution in [0.25, 0.3) is 0 Å². The van der Waals surface area contributed by atoms with Crippen LogP contribution < -0.4 is 15.4 Å². The van der Waals surface area contributed by atoms with Crippen molar-refractivity contribution in [2.75, 3.05) is 46.8 Å². The van der Waals surface area contributed by atoms with Gasteiger partial charge in [-0.2, -0.15) is 0 Å². The Balaban J connectivity index is 2.01. The van der Waals surface area contributed by atoms with Gasteiger partial charge in [0.05, 0.1) is 6.54 Å². The molecule has 1 fully saturated rings. The van der Waals surface area contributed by atoms with Crippen LogP contribution in [-0.2, 0) is 6.54 Å². The van der Waals surface area contributed by atoms with Crippen molar-refractivity contribution < 1.29 is 4.74 Å². The summed E-state index contributed by atoms with van der Waals surface area (Å²) in [4.78, 5) is 9.59. The van der Waals surface area contributed by atoms with Gasteiger partial charge in [0.2, 0.25) is 0 Å². The molecule has 1 unspecified atom stereocenters. The van der Waals surface area contributed by atoms with E-state index in [0.717, 1.165) is 50.0 Å². The second kappa shape index (κ2) is 9.95. The van der Waals surface area contributed by atoms with Gasteiger partial charge in [0.1, 0.15) is 11.4 Å². The van der Waals surface area contributed by atoms with Crippen LogP contribution in [-0.4, -0.2) is 74.2 Å². The molecular weight excluding hydrogens is 338 g/mol. The maximum absolute atomic E-state index is 6.08. The average Bonchev–Trinajstić information content (AvgIpc) is 2.60. The van der Waals surface area contributed by atoms with E-state index in [1.807, 2.05) is 18.2 Å². The first-order valence-corrected chi connectivity index (χ1v) is 9.96.